The number of Topliss-reactive ketones (excluding diaryl/α,β-unsaturated/α-hetero) is 1. The van der Waals surface area contributed by atoms with E-state index in [1.54, 1.807) is 0 Å². The lowest BCUT2D eigenvalue weighted by Gasteiger charge is -2.27. The van der Waals surface area contributed by atoms with Gasteiger partial charge in [-0.15, -0.1) is 0 Å². The van der Waals surface area contributed by atoms with Crippen LogP contribution in [0.3, 0.4) is 0 Å². The summed E-state index contributed by atoms with van der Waals surface area (Å²) in [6.07, 6.45) is -12.7. The van der Waals surface area contributed by atoms with Gasteiger partial charge in [-0.1, -0.05) is 12.1 Å². The molecule has 0 atom stereocenters. The van der Waals surface area contributed by atoms with Crippen molar-refractivity contribution in [3.8, 4) is 0 Å². The standard InChI is InChI=1S/C11H3F11O/c12-5-3-1-2-4(6(5)9(15,16)17)7(23)8(13,14)10(18,19)11(20,21)22/h1-3H. The van der Waals surface area contributed by atoms with Crippen LogP contribution in [0.2, 0.25) is 0 Å². The molecule has 0 spiro atoms. The molecule has 0 heterocycles. The highest BCUT2D eigenvalue weighted by Gasteiger charge is 2.76. The molecule has 0 aliphatic rings. The summed E-state index contributed by atoms with van der Waals surface area (Å²) < 4.78 is 138. The van der Waals surface area contributed by atoms with Crippen molar-refractivity contribution in [2.45, 2.75) is 24.2 Å². The third-order valence-electron chi connectivity index (χ3n) is 2.58. The Morgan fingerprint density at radius 3 is 1.70 bits per heavy atom. The van der Waals surface area contributed by atoms with Crippen LogP contribution in [0.5, 0.6) is 0 Å². The van der Waals surface area contributed by atoms with Crippen molar-refractivity contribution in [3.05, 3.63) is 35.1 Å². The van der Waals surface area contributed by atoms with Crippen LogP contribution in [0.4, 0.5) is 48.3 Å². The van der Waals surface area contributed by atoms with E-state index in [1.165, 1.54) is 0 Å². The quantitative estimate of drug-likeness (QED) is 0.556. The number of carbonyl (C=O) groups is 1. The Labute approximate surface area is 119 Å². The molecular weight excluding hydrogens is 357 g/mol. The zero-order valence-electron chi connectivity index (χ0n) is 10.3. The van der Waals surface area contributed by atoms with E-state index >= 15 is 0 Å². The molecule has 0 aliphatic carbocycles. The number of alkyl halides is 10. The number of benzene rings is 1. The number of hydrogen-bond donors (Lipinski definition) is 0. The Morgan fingerprint density at radius 1 is 0.826 bits per heavy atom. The smallest absolute Gasteiger partial charge is 0.287 e. The molecule has 0 aromatic heterocycles. The van der Waals surface area contributed by atoms with Crippen LogP contribution in [0, 0.1) is 5.82 Å². The molecule has 0 unspecified atom stereocenters. The van der Waals surface area contributed by atoms with Gasteiger partial charge < -0.3 is 0 Å². The SMILES string of the molecule is O=C(c1cccc(F)c1C(F)(F)F)C(F)(F)C(F)(F)C(F)(F)F. The summed E-state index contributed by atoms with van der Waals surface area (Å²) in [5.41, 5.74) is -5.01. The van der Waals surface area contributed by atoms with Crippen LogP contribution >= 0.6 is 0 Å². The molecular formula is C11H3F11O. The number of hydrogen-bond acceptors (Lipinski definition) is 1. The lowest BCUT2D eigenvalue weighted by Crippen LogP contribution is -2.56. The average Bonchev–Trinajstić information content (AvgIpc) is 2.34. The summed E-state index contributed by atoms with van der Waals surface area (Å²) in [6.45, 7) is 0. The van der Waals surface area contributed by atoms with E-state index < -0.39 is 46.9 Å². The van der Waals surface area contributed by atoms with Gasteiger partial charge in [0.05, 0.1) is 0 Å². The van der Waals surface area contributed by atoms with Crippen LogP contribution in [0.25, 0.3) is 0 Å². The van der Waals surface area contributed by atoms with Gasteiger partial charge in [0.15, 0.2) is 0 Å². The van der Waals surface area contributed by atoms with Crippen LogP contribution < -0.4 is 0 Å². The molecule has 0 saturated heterocycles. The third-order valence-corrected chi connectivity index (χ3v) is 2.58. The zero-order valence-corrected chi connectivity index (χ0v) is 10.3. The fourth-order valence-corrected chi connectivity index (χ4v) is 1.49. The maximum Gasteiger partial charge on any atom is 0.460 e. The molecule has 130 valence electrons. The first kappa shape index (κ1) is 19.2. The molecule has 0 fully saturated rings. The molecule has 0 bridgehead atoms. The lowest BCUT2D eigenvalue weighted by molar-refractivity contribution is -0.339. The van der Waals surface area contributed by atoms with Gasteiger partial charge in [0.1, 0.15) is 11.4 Å². The first-order valence-electron chi connectivity index (χ1n) is 5.28. The van der Waals surface area contributed by atoms with Crippen LogP contribution in [0.15, 0.2) is 18.2 Å². The Balaban J connectivity index is 3.56. The Kier molecular flexibility index (Phi) is 4.45. The van der Waals surface area contributed by atoms with E-state index in [1.807, 2.05) is 0 Å². The fraction of sp³-hybridized carbons (Fsp3) is 0.364. The number of rotatable bonds is 3. The van der Waals surface area contributed by atoms with Crippen molar-refractivity contribution >= 4 is 5.78 Å². The first-order chi connectivity index (χ1) is 10.0. The van der Waals surface area contributed by atoms with E-state index in [2.05, 4.69) is 0 Å². The predicted octanol–water partition coefficient (Wildman–Crippen LogP) is 4.86. The highest BCUT2D eigenvalue weighted by Crippen LogP contribution is 2.48. The summed E-state index contributed by atoms with van der Waals surface area (Å²) in [5, 5.41) is 0. The molecule has 1 rings (SSSR count). The van der Waals surface area contributed by atoms with Crippen LogP contribution in [-0.2, 0) is 6.18 Å². The van der Waals surface area contributed by atoms with Crippen molar-refractivity contribution in [1.82, 2.24) is 0 Å². The second-order valence-corrected chi connectivity index (χ2v) is 4.14. The van der Waals surface area contributed by atoms with Crippen LogP contribution in [-0.4, -0.2) is 23.8 Å². The molecule has 0 radical (unpaired) electrons. The molecule has 0 aliphatic heterocycles. The molecule has 0 N–H and O–H groups in total. The van der Waals surface area contributed by atoms with Gasteiger partial charge in [-0.25, -0.2) is 4.39 Å². The first-order valence-corrected chi connectivity index (χ1v) is 5.28. The van der Waals surface area contributed by atoms with Crippen molar-refractivity contribution in [3.63, 3.8) is 0 Å². The monoisotopic (exact) mass is 360 g/mol. The van der Waals surface area contributed by atoms with Gasteiger partial charge >= 0.3 is 24.2 Å². The minimum Gasteiger partial charge on any atom is -0.287 e. The highest BCUT2D eigenvalue weighted by molar-refractivity contribution is 6.03. The normalized spacial score (nSPS) is 14.0. The Bertz CT molecular complexity index is 611. The van der Waals surface area contributed by atoms with Crippen molar-refractivity contribution < 1.29 is 53.1 Å². The largest absolute Gasteiger partial charge is 0.460 e. The summed E-state index contributed by atoms with van der Waals surface area (Å²) in [5.74, 6) is -19.3. The van der Waals surface area contributed by atoms with Crippen LogP contribution in [0.1, 0.15) is 15.9 Å². The molecule has 0 saturated carbocycles. The van der Waals surface area contributed by atoms with Gasteiger partial charge in [-0.3, -0.25) is 4.79 Å². The zero-order chi connectivity index (χ0) is 18.4. The predicted molar refractivity (Wildman–Crippen MR) is 51.7 cm³/mol. The molecule has 1 aromatic carbocycles. The summed E-state index contributed by atoms with van der Waals surface area (Å²) >= 11 is 0. The maximum atomic E-state index is 13.2. The van der Waals surface area contributed by atoms with E-state index in [-0.39, 0.29) is 18.2 Å². The fourth-order valence-electron chi connectivity index (χ4n) is 1.49. The van der Waals surface area contributed by atoms with Crippen molar-refractivity contribution in [2.75, 3.05) is 0 Å². The van der Waals surface area contributed by atoms with E-state index in [0.717, 1.165) is 0 Å². The second-order valence-electron chi connectivity index (χ2n) is 4.14. The average molecular weight is 360 g/mol. The number of halogens is 11. The summed E-state index contributed by atoms with van der Waals surface area (Å²) in [6, 6.07) is 0.216. The molecule has 0 amide bonds. The van der Waals surface area contributed by atoms with E-state index in [9.17, 15) is 53.1 Å². The van der Waals surface area contributed by atoms with Gasteiger partial charge in [0.2, 0.25) is 5.78 Å². The lowest BCUT2D eigenvalue weighted by atomic mass is 9.95. The van der Waals surface area contributed by atoms with Gasteiger partial charge in [-0.2, -0.15) is 43.9 Å². The second kappa shape index (κ2) is 5.34. The number of carbonyl (C=O) groups excluding carboxylic acids is 1. The van der Waals surface area contributed by atoms with Gasteiger partial charge in [-0.05, 0) is 6.07 Å². The summed E-state index contributed by atoms with van der Waals surface area (Å²) in [4.78, 5) is 11.2. The third kappa shape index (κ3) is 3.11. The minimum absolute atomic E-state index is 0.0691. The molecule has 1 nitrogen and oxygen atoms in total. The molecule has 1 aromatic rings. The maximum absolute atomic E-state index is 13.2. The van der Waals surface area contributed by atoms with Crippen molar-refractivity contribution in [1.29, 1.82) is 0 Å². The highest BCUT2D eigenvalue weighted by atomic mass is 19.4. The minimum atomic E-state index is -6.95. The topological polar surface area (TPSA) is 17.1 Å². The van der Waals surface area contributed by atoms with Gasteiger partial charge in [0, 0.05) is 5.56 Å². The molecule has 23 heavy (non-hydrogen) atoms. The Morgan fingerprint density at radius 2 is 1.30 bits per heavy atom. The van der Waals surface area contributed by atoms with E-state index in [0.29, 0.717) is 0 Å². The summed E-state index contributed by atoms with van der Waals surface area (Å²) in [7, 11) is 0. The van der Waals surface area contributed by atoms with Crippen molar-refractivity contribution in [2.24, 2.45) is 0 Å². The van der Waals surface area contributed by atoms with E-state index in [4.69, 9.17) is 0 Å². The Hall–Kier alpha value is -1.88. The van der Waals surface area contributed by atoms with Gasteiger partial charge in [0.25, 0.3) is 0 Å². The number of ketones is 1. The molecule has 12 heteroatoms.